The van der Waals surface area contributed by atoms with Crippen LogP contribution < -0.4 is 0 Å². The fourth-order valence-corrected chi connectivity index (χ4v) is 4.54. The van der Waals surface area contributed by atoms with Crippen molar-refractivity contribution >= 4 is 38.6 Å². The highest BCUT2D eigenvalue weighted by Gasteiger charge is 2.44. The number of carbonyl (C=O) groups excluding carboxylic acids is 2. The molecule has 7 heteroatoms. The summed E-state index contributed by atoms with van der Waals surface area (Å²) in [6.45, 7) is 2.16. The Bertz CT molecular complexity index is 1380. The number of Topliss-reactive ketones (excluding diaryl/α,β-unsaturated/α-hetero) is 1. The Labute approximate surface area is 198 Å². The van der Waals surface area contributed by atoms with Crippen LogP contribution >= 0.6 is 15.9 Å². The average Bonchev–Trinajstić information content (AvgIpc) is 3.54. The van der Waals surface area contributed by atoms with Crippen LogP contribution in [0.2, 0.25) is 0 Å². The van der Waals surface area contributed by atoms with Crippen molar-refractivity contribution < 1.29 is 23.5 Å². The summed E-state index contributed by atoms with van der Waals surface area (Å²) in [6, 6.07) is 17.4. The number of hydrogen-bond donors (Lipinski definition) is 1. The topological polar surface area (TPSA) is 83.9 Å². The van der Waals surface area contributed by atoms with Gasteiger partial charge in [0.1, 0.15) is 11.3 Å². The number of rotatable bonds is 6. The standard InChI is InChI=1S/C26H20BrNO5/c1-2-15-5-7-16(8-6-15)23-22(25(30)26(31)28(23)14-19-4-3-11-32-19)24(29)21-13-17-12-18(27)9-10-20(17)33-21/h3-13,23,30H,2,14H2,1H3. The summed E-state index contributed by atoms with van der Waals surface area (Å²) in [6.07, 6.45) is 2.38. The number of amides is 1. The molecule has 0 saturated carbocycles. The van der Waals surface area contributed by atoms with Gasteiger partial charge in [-0.05, 0) is 53.9 Å². The smallest absolute Gasteiger partial charge is 0.290 e. The molecule has 0 spiro atoms. The Morgan fingerprint density at radius 1 is 1.12 bits per heavy atom. The van der Waals surface area contributed by atoms with Gasteiger partial charge in [-0.25, -0.2) is 0 Å². The van der Waals surface area contributed by atoms with Gasteiger partial charge >= 0.3 is 0 Å². The lowest BCUT2D eigenvalue weighted by Crippen LogP contribution is -2.30. The zero-order valence-electron chi connectivity index (χ0n) is 17.7. The van der Waals surface area contributed by atoms with E-state index >= 15 is 0 Å². The van der Waals surface area contributed by atoms with E-state index in [1.807, 2.05) is 36.4 Å². The summed E-state index contributed by atoms with van der Waals surface area (Å²) in [4.78, 5) is 28.1. The minimum absolute atomic E-state index is 0.00562. The Balaban J connectivity index is 1.59. The van der Waals surface area contributed by atoms with Crippen molar-refractivity contribution in [2.24, 2.45) is 0 Å². The Hall–Kier alpha value is -3.58. The minimum Gasteiger partial charge on any atom is -0.503 e. The number of carbonyl (C=O) groups is 2. The summed E-state index contributed by atoms with van der Waals surface area (Å²) >= 11 is 3.41. The van der Waals surface area contributed by atoms with Crippen molar-refractivity contribution in [1.82, 2.24) is 4.90 Å². The van der Waals surface area contributed by atoms with Crippen LogP contribution in [-0.4, -0.2) is 21.7 Å². The number of fused-ring (bicyclic) bond motifs is 1. The normalized spacial score (nSPS) is 16.2. The number of benzene rings is 2. The van der Waals surface area contributed by atoms with E-state index in [0.29, 0.717) is 11.3 Å². The van der Waals surface area contributed by atoms with Crippen LogP contribution in [0.25, 0.3) is 11.0 Å². The Morgan fingerprint density at radius 3 is 2.61 bits per heavy atom. The van der Waals surface area contributed by atoms with E-state index in [1.54, 1.807) is 24.3 Å². The van der Waals surface area contributed by atoms with Gasteiger partial charge in [0, 0.05) is 9.86 Å². The molecule has 1 aliphatic heterocycles. The molecule has 1 aliphatic rings. The third kappa shape index (κ3) is 3.78. The SMILES string of the molecule is CCc1ccc(C2C(C(=O)c3cc4cc(Br)ccc4o3)=C(O)C(=O)N2Cc2ccco2)cc1. The zero-order chi connectivity index (χ0) is 23.1. The minimum atomic E-state index is -0.777. The van der Waals surface area contributed by atoms with Crippen LogP contribution in [0.5, 0.6) is 0 Å². The zero-order valence-corrected chi connectivity index (χ0v) is 19.3. The van der Waals surface area contributed by atoms with Gasteiger partial charge in [0.15, 0.2) is 11.5 Å². The maximum Gasteiger partial charge on any atom is 0.290 e. The van der Waals surface area contributed by atoms with E-state index in [9.17, 15) is 14.7 Å². The largest absolute Gasteiger partial charge is 0.503 e. The monoisotopic (exact) mass is 505 g/mol. The van der Waals surface area contributed by atoms with E-state index in [2.05, 4.69) is 22.9 Å². The van der Waals surface area contributed by atoms with Crippen molar-refractivity contribution in [2.75, 3.05) is 0 Å². The van der Waals surface area contributed by atoms with Crippen molar-refractivity contribution in [3.8, 4) is 0 Å². The molecule has 6 nitrogen and oxygen atoms in total. The number of aliphatic hydroxyl groups is 1. The molecule has 1 amide bonds. The number of halogens is 1. The quantitative estimate of drug-likeness (QED) is 0.318. The van der Waals surface area contributed by atoms with Crippen LogP contribution in [-0.2, 0) is 17.8 Å². The first kappa shape index (κ1) is 21.3. The van der Waals surface area contributed by atoms with Crippen LogP contribution in [0.4, 0.5) is 0 Å². The van der Waals surface area contributed by atoms with Crippen molar-refractivity contribution in [3.05, 3.63) is 105 Å². The van der Waals surface area contributed by atoms with E-state index in [4.69, 9.17) is 8.83 Å². The van der Waals surface area contributed by atoms with Gasteiger partial charge in [-0.3, -0.25) is 9.59 Å². The van der Waals surface area contributed by atoms with Crippen LogP contribution in [0, 0.1) is 0 Å². The lowest BCUT2D eigenvalue weighted by Gasteiger charge is -2.26. The number of nitrogens with zero attached hydrogens (tertiary/aromatic N) is 1. The summed E-state index contributed by atoms with van der Waals surface area (Å²) < 4.78 is 12.1. The molecule has 1 unspecified atom stereocenters. The maximum absolute atomic E-state index is 13.6. The fraction of sp³-hybridized carbons (Fsp3) is 0.154. The second-order valence-electron chi connectivity index (χ2n) is 7.89. The molecule has 33 heavy (non-hydrogen) atoms. The summed E-state index contributed by atoms with van der Waals surface area (Å²) in [5.74, 6) is -1.11. The molecule has 4 aromatic rings. The van der Waals surface area contributed by atoms with Gasteiger partial charge < -0.3 is 18.8 Å². The van der Waals surface area contributed by atoms with Crippen molar-refractivity contribution in [1.29, 1.82) is 0 Å². The predicted octanol–water partition coefficient (Wildman–Crippen LogP) is 6.13. The molecule has 0 fully saturated rings. The van der Waals surface area contributed by atoms with Gasteiger partial charge in [0.2, 0.25) is 5.78 Å². The molecule has 1 atom stereocenters. The van der Waals surface area contributed by atoms with E-state index in [0.717, 1.165) is 27.4 Å². The van der Waals surface area contributed by atoms with E-state index in [-0.39, 0.29) is 17.9 Å². The Kier molecular flexibility index (Phi) is 5.42. The molecular weight excluding hydrogens is 486 g/mol. The van der Waals surface area contributed by atoms with Crippen LogP contribution in [0.1, 0.15) is 40.4 Å². The van der Waals surface area contributed by atoms with Crippen molar-refractivity contribution in [3.63, 3.8) is 0 Å². The maximum atomic E-state index is 13.6. The Morgan fingerprint density at radius 2 is 1.91 bits per heavy atom. The highest BCUT2D eigenvalue weighted by Crippen LogP contribution is 2.40. The highest BCUT2D eigenvalue weighted by atomic mass is 79.9. The molecule has 0 bridgehead atoms. The summed E-state index contributed by atoms with van der Waals surface area (Å²) in [5, 5.41) is 11.6. The molecule has 166 valence electrons. The van der Waals surface area contributed by atoms with E-state index < -0.39 is 23.5 Å². The third-order valence-corrected chi connectivity index (χ3v) is 6.35. The van der Waals surface area contributed by atoms with Gasteiger partial charge in [-0.2, -0.15) is 0 Å². The molecule has 3 heterocycles. The molecule has 2 aromatic heterocycles. The van der Waals surface area contributed by atoms with Gasteiger partial charge in [-0.1, -0.05) is 47.1 Å². The van der Waals surface area contributed by atoms with Gasteiger partial charge in [-0.15, -0.1) is 0 Å². The summed E-state index contributed by atoms with van der Waals surface area (Å²) in [5.41, 5.74) is 2.39. The average molecular weight is 506 g/mol. The number of furan rings is 2. The number of hydrogen-bond acceptors (Lipinski definition) is 5. The van der Waals surface area contributed by atoms with Crippen LogP contribution in [0.15, 0.2) is 91.6 Å². The summed E-state index contributed by atoms with van der Waals surface area (Å²) in [7, 11) is 0. The van der Waals surface area contributed by atoms with Gasteiger partial charge in [0.25, 0.3) is 5.91 Å². The molecule has 1 N–H and O–H groups in total. The molecule has 2 aromatic carbocycles. The second-order valence-corrected chi connectivity index (χ2v) is 8.81. The highest BCUT2D eigenvalue weighted by molar-refractivity contribution is 9.10. The predicted molar refractivity (Wildman–Crippen MR) is 126 cm³/mol. The molecule has 0 saturated heterocycles. The lowest BCUT2D eigenvalue weighted by atomic mass is 9.94. The lowest BCUT2D eigenvalue weighted by molar-refractivity contribution is -0.130. The number of aliphatic hydroxyl groups excluding tert-OH is 1. The first-order valence-electron chi connectivity index (χ1n) is 10.6. The molecule has 0 aliphatic carbocycles. The van der Waals surface area contributed by atoms with E-state index in [1.165, 1.54) is 11.2 Å². The number of ketones is 1. The molecule has 5 rings (SSSR count). The third-order valence-electron chi connectivity index (χ3n) is 5.86. The second kappa shape index (κ2) is 8.41. The van der Waals surface area contributed by atoms with Crippen molar-refractivity contribution in [2.45, 2.75) is 25.9 Å². The fourth-order valence-electron chi connectivity index (χ4n) is 4.16. The molecular formula is C26H20BrNO5. The van der Waals surface area contributed by atoms with Gasteiger partial charge in [0.05, 0.1) is 24.4 Å². The molecule has 0 radical (unpaired) electrons. The van der Waals surface area contributed by atoms with Crippen LogP contribution in [0.3, 0.4) is 0 Å². The first-order valence-corrected chi connectivity index (χ1v) is 11.3. The first-order chi connectivity index (χ1) is 16.0. The number of aryl methyl sites for hydroxylation is 1.